The molecule has 1 fully saturated rings. The molecule has 2 atom stereocenters. The summed E-state index contributed by atoms with van der Waals surface area (Å²) in [6.45, 7) is 2.48. The molecule has 168 valence electrons. The molecular weight excluding hydrogens is 420 g/mol. The van der Waals surface area contributed by atoms with Crippen molar-refractivity contribution in [1.82, 2.24) is 15.3 Å². The Bertz CT molecular complexity index is 1160. The van der Waals surface area contributed by atoms with E-state index >= 15 is 0 Å². The van der Waals surface area contributed by atoms with Gasteiger partial charge in [-0.05, 0) is 23.6 Å². The Morgan fingerprint density at radius 3 is 2.76 bits per heavy atom. The normalized spacial score (nSPS) is 19.4. The van der Waals surface area contributed by atoms with Crippen LogP contribution in [-0.4, -0.2) is 46.5 Å². The number of carbonyl (C=O) groups is 1. The number of aromatic nitrogens is 2. The van der Waals surface area contributed by atoms with Gasteiger partial charge in [-0.15, -0.1) is 0 Å². The lowest BCUT2D eigenvalue weighted by Crippen LogP contribution is -2.61. The predicted molar refractivity (Wildman–Crippen MR) is 124 cm³/mol. The van der Waals surface area contributed by atoms with E-state index in [0.717, 1.165) is 29.2 Å². The lowest BCUT2D eigenvalue weighted by molar-refractivity contribution is -0.384. The van der Waals surface area contributed by atoms with Gasteiger partial charge >= 0.3 is 0 Å². The third-order valence-electron chi connectivity index (χ3n) is 6.43. The average Bonchev–Trinajstić information content (AvgIpc) is 2.87. The molecule has 0 aliphatic carbocycles. The van der Waals surface area contributed by atoms with Gasteiger partial charge in [0, 0.05) is 56.4 Å². The van der Waals surface area contributed by atoms with Crippen molar-refractivity contribution in [2.75, 3.05) is 29.4 Å². The molecule has 1 amide bonds. The monoisotopic (exact) mass is 444 g/mol. The summed E-state index contributed by atoms with van der Waals surface area (Å²) in [6.07, 6.45) is 5.50. The number of benzene rings is 2. The van der Waals surface area contributed by atoms with Crippen LogP contribution in [0.4, 0.5) is 17.2 Å². The van der Waals surface area contributed by atoms with Crippen molar-refractivity contribution >= 4 is 23.1 Å². The van der Waals surface area contributed by atoms with Gasteiger partial charge in [0.15, 0.2) is 0 Å². The summed E-state index contributed by atoms with van der Waals surface area (Å²) in [6, 6.07) is 14.7. The number of non-ortho nitro benzene ring substituents is 1. The summed E-state index contributed by atoms with van der Waals surface area (Å²) >= 11 is 0. The van der Waals surface area contributed by atoms with Crippen molar-refractivity contribution in [2.24, 2.45) is 5.92 Å². The van der Waals surface area contributed by atoms with Crippen LogP contribution in [0.3, 0.4) is 0 Å². The number of hydrogen-bond acceptors (Lipinski definition) is 7. The quantitative estimate of drug-likeness (QED) is 0.476. The number of nitrogens with zero attached hydrogens (tertiary/aromatic N) is 5. The number of nitro groups is 1. The molecule has 3 aromatic rings. The largest absolute Gasteiger partial charge is 0.364 e. The second kappa shape index (κ2) is 8.85. The van der Waals surface area contributed by atoms with E-state index in [1.807, 2.05) is 36.4 Å². The van der Waals surface area contributed by atoms with Gasteiger partial charge in [-0.3, -0.25) is 19.9 Å². The summed E-state index contributed by atoms with van der Waals surface area (Å²) in [5, 5.41) is 14.4. The summed E-state index contributed by atoms with van der Waals surface area (Å²) < 4.78 is 0. The van der Waals surface area contributed by atoms with Gasteiger partial charge in [0.25, 0.3) is 5.69 Å². The van der Waals surface area contributed by atoms with Crippen LogP contribution < -0.4 is 15.1 Å². The van der Waals surface area contributed by atoms with Crippen LogP contribution in [-0.2, 0) is 17.8 Å². The Hall–Kier alpha value is -4.01. The number of amides is 1. The lowest BCUT2D eigenvalue weighted by Gasteiger charge is -2.49. The minimum atomic E-state index is -0.386. The average molecular weight is 444 g/mol. The predicted octanol–water partition coefficient (Wildman–Crippen LogP) is 2.57. The van der Waals surface area contributed by atoms with E-state index < -0.39 is 0 Å². The smallest absolute Gasteiger partial charge is 0.269 e. The molecule has 2 aromatic carbocycles. The van der Waals surface area contributed by atoms with E-state index in [1.54, 1.807) is 30.7 Å². The van der Waals surface area contributed by atoms with Gasteiger partial charge in [0.2, 0.25) is 5.91 Å². The maximum absolute atomic E-state index is 13.4. The van der Waals surface area contributed by atoms with Crippen LogP contribution >= 0.6 is 0 Å². The van der Waals surface area contributed by atoms with Crippen LogP contribution in [0.1, 0.15) is 11.1 Å². The van der Waals surface area contributed by atoms with Gasteiger partial charge in [0.1, 0.15) is 5.82 Å². The summed E-state index contributed by atoms with van der Waals surface area (Å²) in [4.78, 5) is 37.3. The number of carbonyl (C=O) groups excluding carboxylic acids is 1. The molecule has 5 rings (SSSR count). The van der Waals surface area contributed by atoms with Crippen LogP contribution in [0.25, 0.3) is 0 Å². The maximum atomic E-state index is 13.4. The van der Waals surface area contributed by atoms with E-state index in [2.05, 4.69) is 25.1 Å². The first-order valence-corrected chi connectivity index (χ1v) is 11.0. The van der Waals surface area contributed by atoms with Crippen LogP contribution in [0, 0.1) is 16.0 Å². The molecule has 33 heavy (non-hydrogen) atoms. The van der Waals surface area contributed by atoms with Crippen molar-refractivity contribution in [3.63, 3.8) is 0 Å². The molecule has 9 nitrogen and oxygen atoms in total. The second-order valence-corrected chi connectivity index (χ2v) is 8.35. The van der Waals surface area contributed by atoms with Gasteiger partial charge in [-0.1, -0.05) is 30.3 Å². The van der Waals surface area contributed by atoms with Gasteiger partial charge < -0.3 is 15.1 Å². The highest BCUT2D eigenvalue weighted by Gasteiger charge is 2.42. The van der Waals surface area contributed by atoms with E-state index in [-0.39, 0.29) is 28.5 Å². The highest BCUT2D eigenvalue weighted by atomic mass is 16.6. The zero-order valence-corrected chi connectivity index (χ0v) is 18.0. The highest BCUT2D eigenvalue weighted by molar-refractivity contribution is 5.82. The molecular formula is C24H24N6O3. The Morgan fingerprint density at radius 2 is 2.00 bits per heavy atom. The molecule has 2 aliphatic heterocycles. The van der Waals surface area contributed by atoms with Gasteiger partial charge in [0.05, 0.1) is 23.1 Å². The number of hydrogen-bond donors (Lipinski definition) is 1. The fourth-order valence-electron chi connectivity index (χ4n) is 4.80. The van der Waals surface area contributed by atoms with Crippen molar-refractivity contribution in [1.29, 1.82) is 0 Å². The van der Waals surface area contributed by atoms with E-state index in [9.17, 15) is 14.9 Å². The van der Waals surface area contributed by atoms with Crippen LogP contribution in [0.5, 0.6) is 0 Å². The molecule has 1 saturated heterocycles. The molecule has 2 aliphatic rings. The zero-order chi connectivity index (χ0) is 22.8. The minimum Gasteiger partial charge on any atom is -0.364 e. The Kier molecular flexibility index (Phi) is 5.60. The number of rotatable bonds is 5. The first-order chi connectivity index (χ1) is 16.1. The second-order valence-electron chi connectivity index (χ2n) is 8.35. The van der Waals surface area contributed by atoms with Crippen molar-refractivity contribution in [3.8, 4) is 0 Å². The summed E-state index contributed by atoms with van der Waals surface area (Å²) in [5.74, 6) is 0.393. The molecule has 0 spiro atoms. The molecule has 3 heterocycles. The van der Waals surface area contributed by atoms with Crippen LogP contribution in [0.15, 0.2) is 67.1 Å². The summed E-state index contributed by atoms with van der Waals surface area (Å²) in [7, 11) is 0. The number of anilines is 2. The summed E-state index contributed by atoms with van der Waals surface area (Å²) in [5.41, 5.74) is 2.89. The first-order valence-electron chi connectivity index (χ1n) is 11.0. The SMILES string of the molecule is O=C(NCc1ccccc1)[C@H]1Cc2cc([N+](=O)[O-])ccc2N2CCN(c3cnccn3)C[C@H]12. The molecule has 0 bridgehead atoms. The number of piperazine rings is 1. The molecule has 0 unspecified atom stereocenters. The molecule has 0 saturated carbocycles. The Labute approximate surface area is 191 Å². The standard InChI is InChI=1S/C24H24N6O3/c31-24(27-14-17-4-2-1-3-5-17)20-13-18-12-19(30(32)33)6-7-21(18)29-11-10-28(16-22(20)29)23-15-25-8-9-26-23/h1-9,12,15,20,22H,10-11,13-14,16H2,(H,27,31)/t20-,22+/m0/s1. The topological polar surface area (TPSA) is 104 Å². The van der Waals surface area contributed by atoms with E-state index in [4.69, 9.17) is 0 Å². The minimum absolute atomic E-state index is 0.0491. The zero-order valence-electron chi connectivity index (χ0n) is 18.0. The van der Waals surface area contributed by atoms with Gasteiger partial charge in [-0.25, -0.2) is 4.98 Å². The molecule has 1 N–H and O–H groups in total. The fraction of sp³-hybridized carbons (Fsp3) is 0.292. The van der Waals surface area contributed by atoms with Crippen LogP contribution in [0.2, 0.25) is 0 Å². The Balaban J connectivity index is 1.43. The fourth-order valence-corrected chi connectivity index (χ4v) is 4.80. The Morgan fingerprint density at radius 1 is 1.15 bits per heavy atom. The third kappa shape index (κ3) is 4.21. The third-order valence-corrected chi connectivity index (χ3v) is 6.43. The number of nitro benzene ring substituents is 1. The van der Waals surface area contributed by atoms with Crippen molar-refractivity contribution < 1.29 is 9.72 Å². The number of fused-ring (bicyclic) bond motifs is 3. The molecule has 9 heteroatoms. The molecule has 0 radical (unpaired) electrons. The van der Waals surface area contributed by atoms with E-state index in [0.29, 0.717) is 26.1 Å². The van der Waals surface area contributed by atoms with E-state index in [1.165, 1.54) is 0 Å². The van der Waals surface area contributed by atoms with Gasteiger partial charge in [-0.2, -0.15) is 0 Å². The highest BCUT2D eigenvalue weighted by Crippen LogP contribution is 2.38. The molecule has 1 aromatic heterocycles. The number of nitrogens with one attached hydrogen (secondary N) is 1. The first kappa shape index (κ1) is 20.9. The van der Waals surface area contributed by atoms with Crippen molar-refractivity contribution in [2.45, 2.75) is 19.0 Å². The maximum Gasteiger partial charge on any atom is 0.269 e. The lowest BCUT2D eigenvalue weighted by atomic mass is 9.83. The van der Waals surface area contributed by atoms with Crippen molar-refractivity contribution in [3.05, 3.63) is 88.4 Å².